The molecule has 2 atom stereocenters. The fourth-order valence-corrected chi connectivity index (χ4v) is 3.13. The minimum absolute atomic E-state index is 0.0805. The van der Waals surface area contributed by atoms with Gasteiger partial charge in [-0.15, -0.1) is 0 Å². The summed E-state index contributed by atoms with van der Waals surface area (Å²) in [6.45, 7) is 0.366. The van der Waals surface area contributed by atoms with Crippen LogP contribution in [0.5, 0.6) is 0 Å². The van der Waals surface area contributed by atoms with Crippen LogP contribution in [0.25, 0.3) is 16.8 Å². The van der Waals surface area contributed by atoms with Crippen LogP contribution in [-0.4, -0.2) is 44.9 Å². The highest BCUT2D eigenvalue weighted by molar-refractivity contribution is 6.30. The van der Waals surface area contributed by atoms with E-state index in [-0.39, 0.29) is 18.8 Å². The average molecular weight is 347 g/mol. The Morgan fingerprint density at radius 3 is 3.08 bits per heavy atom. The molecule has 3 aromatic rings. The molecular formula is C16H16ClFN6. The number of hydrogen-bond donors (Lipinski definition) is 2. The molecule has 1 saturated heterocycles. The zero-order chi connectivity index (χ0) is 16.5. The number of rotatable bonds is 4. The molecule has 1 aliphatic heterocycles. The molecule has 0 saturated carbocycles. The Morgan fingerprint density at radius 1 is 1.33 bits per heavy atom. The lowest BCUT2D eigenvalue weighted by Crippen LogP contribution is -2.24. The Labute approximate surface area is 143 Å². The maximum absolute atomic E-state index is 12.7. The van der Waals surface area contributed by atoms with Gasteiger partial charge < -0.3 is 10.6 Å². The zero-order valence-corrected chi connectivity index (χ0v) is 13.5. The molecule has 3 aromatic heterocycles. The summed E-state index contributed by atoms with van der Waals surface area (Å²) in [4.78, 5) is 8.88. The Morgan fingerprint density at radius 2 is 2.25 bits per heavy atom. The fraction of sp³-hybridized carbons (Fsp3) is 0.312. The first kappa shape index (κ1) is 15.3. The quantitative estimate of drug-likeness (QED) is 0.760. The third kappa shape index (κ3) is 2.92. The summed E-state index contributed by atoms with van der Waals surface area (Å²) in [6, 6.07) is 3.79. The second kappa shape index (κ2) is 6.33. The monoisotopic (exact) mass is 346 g/mol. The van der Waals surface area contributed by atoms with Gasteiger partial charge in [-0.05, 0) is 18.6 Å². The predicted octanol–water partition coefficient (Wildman–Crippen LogP) is 2.56. The van der Waals surface area contributed by atoms with Gasteiger partial charge in [-0.1, -0.05) is 11.6 Å². The van der Waals surface area contributed by atoms with Crippen molar-refractivity contribution in [1.82, 2.24) is 24.9 Å². The zero-order valence-electron chi connectivity index (χ0n) is 12.8. The van der Waals surface area contributed by atoms with Crippen LogP contribution in [0, 0.1) is 0 Å². The number of alkyl halides is 1. The van der Waals surface area contributed by atoms with Crippen molar-refractivity contribution in [2.45, 2.75) is 18.5 Å². The van der Waals surface area contributed by atoms with E-state index >= 15 is 0 Å². The number of aromatic nitrogens is 4. The Balaban J connectivity index is 1.60. The molecule has 4 heterocycles. The standard InChI is InChI=1S/C16H16ClFN6/c17-10-1-2-15-13(6-21-24(15)9-10)14-7-19-8-16(23-14)22-12-3-11(4-18)20-5-12/h1-2,6-9,11-12,20H,3-5H2,(H,22,23)/t11-,12+/m0/s1. The van der Waals surface area contributed by atoms with E-state index in [0.29, 0.717) is 10.8 Å². The molecule has 2 N–H and O–H groups in total. The van der Waals surface area contributed by atoms with Crippen molar-refractivity contribution >= 4 is 22.9 Å². The normalized spacial score (nSPS) is 20.6. The van der Waals surface area contributed by atoms with Gasteiger partial charge in [0.05, 0.1) is 34.8 Å². The Bertz CT molecular complexity index is 867. The Kier molecular flexibility index (Phi) is 4.03. The third-order valence-electron chi connectivity index (χ3n) is 4.15. The van der Waals surface area contributed by atoms with Crippen molar-refractivity contribution in [3.8, 4) is 11.3 Å². The number of fused-ring (bicyclic) bond motifs is 1. The van der Waals surface area contributed by atoms with Crippen LogP contribution in [0.3, 0.4) is 0 Å². The average Bonchev–Trinajstić information content (AvgIpc) is 3.21. The first-order valence-corrected chi connectivity index (χ1v) is 8.12. The van der Waals surface area contributed by atoms with Gasteiger partial charge in [-0.3, -0.25) is 4.98 Å². The summed E-state index contributed by atoms with van der Waals surface area (Å²) in [5, 5.41) is 11.4. The van der Waals surface area contributed by atoms with Crippen LogP contribution in [0.2, 0.25) is 5.02 Å². The van der Waals surface area contributed by atoms with Gasteiger partial charge in [-0.25, -0.2) is 13.9 Å². The van der Waals surface area contributed by atoms with E-state index in [9.17, 15) is 4.39 Å². The largest absolute Gasteiger partial charge is 0.365 e. The molecule has 0 amide bonds. The van der Waals surface area contributed by atoms with E-state index in [4.69, 9.17) is 11.6 Å². The summed E-state index contributed by atoms with van der Waals surface area (Å²) < 4.78 is 14.4. The molecule has 124 valence electrons. The number of nitrogens with zero attached hydrogens (tertiary/aromatic N) is 4. The number of pyridine rings is 1. The van der Waals surface area contributed by atoms with Crippen LogP contribution >= 0.6 is 11.6 Å². The van der Waals surface area contributed by atoms with Crippen molar-refractivity contribution in [1.29, 1.82) is 0 Å². The highest BCUT2D eigenvalue weighted by Crippen LogP contribution is 2.24. The molecule has 0 spiro atoms. The summed E-state index contributed by atoms with van der Waals surface area (Å²) in [7, 11) is 0. The van der Waals surface area contributed by atoms with E-state index in [1.54, 1.807) is 29.3 Å². The second-order valence-electron chi connectivity index (χ2n) is 5.86. The van der Waals surface area contributed by atoms with E-state index in [1.807, 2.05) is 12.1 Å². The summed E-state index contributed by atoms with van der Waals surface area (Å²) in [5.41, 5.74) is 2.52. The minimum Gasteiger partial charge on any atom is -0.365 e. The van der Waals surface area contributed by atoms with Crippen LogP contribution < -0.4 is 10.6 Å². The molecule has 24 heavy (non-hydrogen) atoms. The minimum atomic E-state index is -0.352. The number of nitrogens with one attached hydrogen (secondary N) is 2. The van der Waals surface area contributed by atoms with Gasteiger partial charge >= 0.3 is 0 Å². The highest BCUT2D eigenvalue weighted by Gasteiger charge is 2.24. The van der Waals surface area contributed by atoms with Crippen molar-refractivity contribution in [3.63, 3.8) is 0 Å². The summed E-state index contributed by atoms with van der Waals surface area (Å²) in [5.74, 6) is 0.673. The maximum atomic E-state index is 12.7. The second-order valence-corrected chi connectivity index (χ2v) is 6.30. The number of hydrogen-bond acceptors (Lipinski definition) is 5. The highest BCUT2D eigenvalue weighted by atomic mass is 35.5. The molecule has 0 bridgehead atoms. The summed E-state index contributed by atoms with van der Waals surface area (Å²) >= 11 is 5.99. The van der Waals surface area contributed by atoms with E-state index in [2.05, 4.69) is 25.7 Å². The van der Waals surface area contributed by atoms with Crippen LogP contribution in [0.1, 0.15) is 6.42 Å². The van der Waals surface area contributed by atoms with Crippen molar-refractivity contribution < 1.29 is 4.39 Å². The molecule has 6 nitrogen and oxygen atoms in total. The van der Waals surface area contributed by atoms with Crippen LogP contribution in [-0.2, 0) is 0 Å². The fourth-order valence-electron chi connectivity index (χ4n) is 2.98. The Hall–Kier alpha value is -2.25. The number of halogens is 2. The van der Waals surface area contributed by atoms with Crippen LogP contribution in [0.15, 0.2) is 36.9 Å². The molecule has 1 fully saturated rings. The molecule has 0 unspecified atom stereocenters. The summed E-state index contributed by atoms with van der Waals surface area (Å²) in [6.07, 6.45) is 7.60. The van der Waals surface area contributed by atoms with E-state index in [0.717, 1.165) is 29.7 Å². The topological polar surface area (TPSA) is 67.1 Å². The van der Waals surface area contributed by atoms with Gasteiger partial charge in [0, 0.05) is 30.4 Å². The molecule has 0 aliphatic carbocycles. The van der Waals surface area contributed by atoms with Crippen LogP contribution in [0.4, 0.5) is 10.2 Å². The SMILES string of the molecule is FC[C@@H]1C[C@@H](Nc2cncc(-c3cnn4cc(Cl)ccc34)n2)CN1. The van der Waals surface area contributed by atoms with Crippen molar-refractivity contribution in [2.75, 3.05) is 18.5 Å². The van der Waals surface area contributed by atoms with Gasteiger partial charge in [0.2, 0.25) is 0 Å². The molecular weight excluding hydrogens is 331 g/mol. The van der Waals surface area contributed by atoms with Gasteiger partial charge in [0.25, 0.3) is 0 Å². The van der Waals surface area contributed by atoms with E-state index < -0.39 is 0 Å². The van der Waals surface area contributed by atoms with Crippen molar-refractivity contribution in [2.24, 2.45) is 0 Å². The third-order valence-corrected chi connectivity index (χ3v) is 4.37. The molecule has 4 rings (SSSR count). The molecule has 1 aliphatic rings. The lowest BCUT2D eigenvalue weighted by Gasteiger charge is -2.12. The lowest BCUT2D eigenvalue weighted by atomic mass is 10.2. The van der Waals surface area contributed by atoms with E-state index in [1.165, 1.54) is 0 Å². The lowest BCUT2D eigenvalue weighted by molar-refractivity contribution is 0.404. The van der Waals surface area contributed by atoms with Crippen molar-refractivity contribution in [3.05, 3.63) is 41.9 Å². The maximum Gasteiger partial charge on any atom is 0.145 e. The smallest absolute Gasteiger partial charge is 0.145 e. The van der Waals surface area contributed by atoms with Gasteiger partial charge in [0.15, 0.2) is 0 Å². The predicted molar refractivity (Wildman–Crippen MR) is 91.0 cm³/mol. The molecule has 0 aromatic carbocycles. The first-order chi connectivity index (χ1) is 11.7. The molecule has 0 radical (unpaired) electrons. The molecule has 8 heteroatoms. The first-order valence-electron chi connectivity index (χ1n) is 7.74. The van der Waals surface area contributed by atoms with Gasteiger partial charge in [-0.2, -0.15) is 5.10 Å². The van der Waals surface area contributed by atoms with Gasteiger partial charge in [0.1, 0.15) is 12.5 Å². The number of anilines is 1.